The summed E-state index contributed by atoms with van der Waals surface area (Å²) in [5.41, 5.74) is 4.52. The summed E-state index contributed by atoms with van der Waals surface area (Å²) >= 11 is 0. The highest BCUT2D eigenvalue weighted by atomic mass is 15.3. The van der Waals surface area contributed by atoms with Gasteiger partial charge >= 0.3 is 0 Å². The van der Waals surface area contributed by atoms with Crippen molar-refractivity contribution in [1.82, 2.24) is 19.9 Å². The Morgan fingerprint density at radius 1 is 1.44 bits per heavy atom. The van der Waals surface area contributed by atoms with Crippen molar-refractivity contribution in [3.05, 3.63) is 23.7 Å². The summed E-state index contributed by atoms with van der Waals surface area (Å²) in [6.45, 7) is 3.99. The molecule has 2 aromatic heterocycles. The maximum absolute atomic E-state index is 5.43. The van der Waals surface area contributed by atoms with Gasteiger partial charge < -0.3 is 10.4 Å². The summed E-state index contributed by atoms with van der Waals surface area (Å²) in [6.07, 6.45) is 4.23. The molecule has 0 spiro atoms. The molecule has 0 unspecified atom stereocenters. The number of anilines is 1. The minimum Gasteiger partial charge on any atom is -0.342 e. The molecule has 0 aliphatic carbocycles. The van der Waals surface area contributed by atoms with E-state index >= 15 is 0 Å². The van der Waals surface area contributed by atoms with E-state index in [4.69, 9.17) is 5.84 Å². The number of nitrogens with zero attached hydrogens (tertiary/aromatic N) is 3. The Hall–Kier alpha value is -1.95. The molecule has 6 heteroatoms. The second-order valence-corrected chi connectivity index (χ2v) is 3.40. The fourth-order valence-corrected chi connectivity index (χ4v) is 1.54. The zero-order chi connectivity index (χ0) is 11.5. The van der Waals surface area contributed by atoms with Crippen LogP contribution in [0, 0.1) is 6.92 Å². The Balaban J connectivity index is 2.56. The molecule has 0 saturated carbocycles. The molecule has 0 bridgehead atoms. The zero-order valence-electron chi connectivity index (χ0n) is 9.28. The molecule has 0 fully saturated rings. The normalized spacial score (nSPS) is 10.4. The quantitative estimate of drug-likeness (QED) is 0.528. The van der Waals surface area contributed by atoms with Crippen molar-refractivity contribution < 1.29 is 0 Å². The van der Waals surface area contributed by atoms with Crippen molar-refractivity contribution in [2.75, 3.05) is 5.43 Å². The molecule has 0 aromatic carbocycles. The van der Waals surface area contributed by atoms with Crippen molar-refractivity contribution in [1.29, 1.82) is 0 Å². The van der Waals surface area contributed by atoms with Gasteiger partial charge in [-0.1, -0.05) is 6.92 Å². The molecule has 2 aromatic rings. The van der Waals surface area contributed by atoms with Crippen LogP contribution in [0.4, 0.5) is 5.82 Å². The summed E-state index contributed by atoms with van der Waals surface area (Å²) in [6, 6.07) is 0. The van der Waals surface area contributed by atoms with Gasteiger partial charge in [0.25, 0.3) is 0 Å². The molecule has 2 rings (SSSR count). The third-order valence-corrected chi connectivity index (χ3v) is 2.43. The first-order valence-electron chi connectivity index (χ1n) is 5.10. The van der Waals surface area contributed by atoms with Gasteiger partial charge in [-0.15, -0.1) is 0 Å². The van der Waals surface area contributed by atoms with Gasteiger partial charge in [0, 0.05) is 23.7 Å². The van der Waals surface area contributed by atoms with E-state index in [1.807, 2.05) is 13.8 Å². The van der Waals surface area contributed by atoms with Crippen LogP contribution < -0.4 is 11.3 Å². The van der Waals surface area contributed by atoms with Crippen molar-refractivity contribution in [2.45, 2.75) is 20.3 Å². The number of rotatable bonds is 3. The van der Waals surface area contributed by atoms with E-state index in [9.17, 15) is 0 Å². The zero-order valence-corrected chi connectivity index (χ0v) is 9.28. The number of hydrogen-bond donors (Lipinski definition) is 3. The third-order valence-electron chi connectivity index (χ3n) is 2.43. The fourth-order valence-electron chi connectivity index (χ4n) is 1.54. The fraction of sp³-hybridized carbons (Fsp3) is 0.300. The highest BCUT2D eigenvalue weighted by Gasteiger charge is 2.11. The topological polar surface area (TPSA) is 92.5 Å². The van der Waals surface area contributed by atoms with E-state index in [1.54, 1.807) is 12.4 Å². The first-order chi connectivity index (χ1) is 7.76. The monoisotopic (exact) mass is 218 g/mol. The van der Waals surface area contributed by atoms with Gasteiger partial charge in [-0.05, 0) is 13.3 Å². The highest BCUT2D eigenvalue weighted by Crippen LogP contribution is 2.19. The Bertz CT molecular complexity index is 451. The predicted molar refractivity (Wildman–Crippen MR) is 61.5 cm³/mol. The Morgan fingerprint density at radius 2 is 2.25 bits per heavy atom. The molecule has 0 aliphatic rings. The second-order valence-electron chi connectivity index (χ2n) is 3.40. The number of H-pyrrole nitrogens is 1. The lowest BCUT2D eigenvalue weighted by Gasteiger charge is -2.09. The molecule has 16 heavy (non-hydrogen) atoms. The second kappa shape index (κ2) is 4.28. The maximum Gasteiger partial charge on any atom is 0.197 e. The number of nitrogens with two attached hydrogens (primary N) is 1. The molecule has 0 aliphatic heterocycles. The van der Waals surface area contributed by atoms with Crippen LogP contribution in [0.3, 0.4) is 0 Å². The van der Waals surface area contributed by atoms with E-state index in [-0.39, 0.29) is 0 Å². The smallest absolute Gasteiger partial charge is 0.197 e. The highest BCUT2D eigenvalue weighted by molar-refractivity contribution is 5.53. The average molecular weight is 218 g/mol. The van der Waals surface area contributed by atoms with Crippen LogP contribution in [0.15, 0.2) is 12.4 Å². The van der Waals surface area contributed by atoms with E-state index in [0.717, 1.165) is 17.7 Å². The van der Waals surface area contributed by atoms with E-state index in [2.05, 4.69) is 25.4 Å². The molecule has 0 amide bonds. The summed E-state index contributed by atoms with van der Waals surface area (Å²) in [5, 5.41) is 0. The first kappa shape index (κ1) is 10.6. The van der Waals surface area contributed by atoms with Crippen LogP contribution in [0.25, 0.3) is 11.6 Å². The van der Waals surface area contributed by atoms with Crippen molar-refractivity contribution in [3.8, 4) is 11.6 Å². The van der Waals surface area contributed by atoms with Gasteiger partial charge in [0.15, 0.2) is 11.6 Å². The van der Waals surface area contributed by atoms with Crippen LogP contribution in [0.5, 0.6) is 0 Å². The van der Waals surface area contributed by atoms with Crippen molar-refractivity contribution in [3.63, 3.8) is 0 Å². The lowest BCUT2D eigenvalue weighted by molar-refractivity contribution is 0.963. The summed E-state index contributed by atoms with van der Waals surface area (Å²) in [7, 11) is 0. The largest absolute Gasteiger partial charge is 0.342 e. The van der Waals surface area contributed by atoms with Crippen LogP contribution >= 0.6 is 0 Å². The molecule has 4 N–H and O–H groups in total. The lowest BCUT2D eigenvalue weighted by Crippen LogP contribution is -2.13. The van der Waals surface area contributed by atoms with E-state index < -0.39 is 0 Å². The molecule has 2 heterocycles. The van der Waals surface area contributed by atoms with Crippen LogP contribution in [-0.4, -0.2) is 19.9 Å². The number of aromatic amines is 1. The van der Waals surface area contributed by atoms with Crippen molar-refractivity contribution in [2.24, 2.45) is 5.84 Å². The molecule has 0 saturated heterocycles. The molecular formula is C10H14N6. The molecule has 84 valence electrons. The number of aryl methyl sites for hydroxylation is 1. The van der Waals surface area contributed by atoms with Gasteiger partial charge in [0.2, 0.25) is 0 Å². The number of hydrazine groups is 1. The number of nitrogen functional groups attached to an aromatic ring is 1. The number of imidazole rings is 1. The molecule has 0 atom stereocenters. The SMILES string of the molecule is CCc1nc(-c2ncc[nH]2)nc(NN)c1C. The lowest BCUT2D eigenvalue weighted by atomic mass is 10.2. The summed E-state index contributed by atoms with van der Waals surface area (Å²) < 4.78 is 0. The number of hydrogen-bond acceptors (Lipinski definition) is 5. The Kier molecular flexibility index (Phi) is 2.82. The number of aromatic nitrogens is 4. The minimum absolute atomic E-state index is 0.556. The molecule has 6 nitrogen and oxygen atoms in total. The standard InChI is InChI=1S/C10H14N6/c1-3-7-6(2)8(16-11)15-10(14-7)9-12-4-5-13-9/h4-5H,3,11H2,1-2H3,(H,12,13)(H,14,15,16). The van der Waals surface area contributed by atoms with Gasteiger partial charge in [-0.2, -0.15) is 0 Å². The number of nitrogens with one attached hydrogen (secondary N) is 2. The Morgan fingerprint density at radius 3 is 2.81 bits per heavy atom. The summed E-state index contributed by atoms with van der Waals surface area (Å²) in [4.78, 5) is 15.8. The summed E-state index contributed by atoms with van der Waals surface area (Å²) in [5.74, 6) is 7.26. The van der Waals surface area contributed by atoms with Gasteiger partial charge in [-0.25, -0.2) is 20.8 Å². The van der Waals surface area contributed by atoms with Crippen molar-refractivity contribution >= 4 is 5.82 Å². The Labute approximate surface area is 93.3 Å². The molecule has 0 radical (unpaired) electrons. The van der Waals surface area contributed by atoms with E-state index in [0.29, 0.717) is 17.5 Å². The van der Waals surface area contributed by atoms with Gasteiger partial charge in [-0.3, -0.25) is 0 Å². The minimum atomic E-state index is 0.556. The van der Waals surface area contributed by atoms with Gasteiger partial charge in [0.1, 0.15) is 5.82 Å². The van der Waals surface area contributed by atoms with E-state index in [1.165, 1.54) is 0 Å². The van der Waals surface area contributed by atoms with Gasteiger partial charge in [0.05, 0.1) is 0 Å². The average Bonchev–Trinajstić information content (AvgIpc) is 2.83. The van der Waals surface area contributed by atoms with Crippen LogP contribution in [0.2, 0.25) is 0 Å². The maximum atomic E-state index is 5.43. The molecular weight excluding hydrogens is 204 g/mol. The van der Waals surface area contributed by atoms with Crippen LogP contribution in [0.1, 0.15) is 18.2 Å². The third kappa shape index (κ3) is 1.74. The van der Waals surface area contributed by atoms with Crippen LogP contribution in [-0.2, 0) is 6.42 Å². The first-order valence-corrected chi connectivity index (χ1v) is 5.10. The predicted octanol–water partition coefficient (Wildman–Crippen LogP) is 1.02.